The van der Waals surface area contributed by atoms with Crippen LogP contribution in [0.4, 0.5) is 0 Å². The van der Waals surface area contributed by atoms with E-state index in [4.69, 9.17) is 0 Å². The van der Waals surface area contributed by atoms with Gasteiger partial charge in [0.15, 0.2) is 0 Å². The van der Waals surface area contributed by atoms with Crippen molar-refractivity contribution in [3.8, 4) is 0 Å². The topological polar surface area (TPSA) is 81.8 Å². The Labute approximate surface area is 138 Å². The Morgan fingerprint density at radius 2 is 2.08 bits per heavy atom. The molecule has 0 fully saturated rings. The number of hydrogen-bond acceptors (Lipinski definition) is 4. The molecular weight excluding hydrogens is 306 g/mol. The van der Waals surface area contributed by atoms with Crippen molar-refractivity contribution in [1.82, 2.24) is 24.6 Å². The highest BCUT2D eigenvalue weighted by Gasteiger charge is 2.15. The fourth-order valence-corrected chi connectivity index (χ4v) is 2.68. The third-order valence-corrected chi connectivity index (χ3v) is 4.16. The van der Waals surface area contributed by atoms with Gasteiger partial charge < -0.3 is 5.32 Å². The molecule has 0 aliphatic carbocycles. The first-order valence-electron chi connectivity index (χ1n) is 7.69. The summed E-state index contributed by atoms with van der Waals surface area (Å²) in [4.78, 5) is 28.9. The maximum absolute atomic E-state index is 12.4. The van der Waals surface area contributed by atoms with E-state index in [1.807, 2.05) is 27.0 Å². The predicted octanol–water partition coefficient (Wildman–Crippen LogP) is 1.32. The summed E-state index contributed by atoms with van der Waals surface area (Å²) < 4.78 is 3.08. The number of nitrogens with one attached hydrogen (secondary N) is 1. The highest BCUT2D eigenvalue weighted by atomic mass is 16.2. The van der Waals surface area contributed by atoms with Crippen LogP contribution in [0.5, 0.6) is 0 Å². The van der Waals surface area contributed by atoms with Gasteiger partial charge >= 0.3 is 0 Å². The number of amides is 1. The van der Waals surface area contributed by atoms with Crippen LogP contribution in [0.25, 0.3) is 10.9 Å². The Kier molecular flexibility index (Phi) is 4.16. The number of aryl methyl sites for hydroxylation is 1. The molecule has 7 nitrogen and oxygen atoms in total. The minimum atomic E-state index is -0.245. The summed E-state index contributed by atoms with van der Waals surface area (Å²) in [6.45, 7) is 3.77. The summed E-state index contributed by atoms with van der Waals surface area (Å²) in [5.41, 5.74) is 2.35. The normalized spacial score (nSPS) is 12.3. The van der Waals surface area contributed by atoms with Crippen molar-refractivity contribution in [2.75, 3.05) is 0 Å². The Morgan fingerprint density at radius 3 is 2.79 bits per heavy atom. The fraction of sp³-hybridized carbons (Fsp3) is 0.294. The molecule has 3 rings (SSSR count). The number of benzene rings is 1. The van der Waals surface area contributed by atoms with Crippen molar-refractivity contribution >= 4 is 16.8 Å². The second-order valence-electron chi connectivity index (χ2n) is 5.79. The van der Waals surface area contributed by atoms with E-state index in [2.05, 4.69) is 15.4 Å². The van der Waals surface area contributed by atoms with Crippen LogP contribution >= 0.6 is 0 Å². The van der Waals surface area contributed by atoms with Crippen LogP contribution in [0.15, 0.2) is 41.6 Å². The molecule has 0 saturated heterocycles. The minimum Gasteiger partial charge on any atom is -0.348 e. The van der Waals surface area contributed by atoms with E-state index < -0.39 is 0 Å². The van der Waals surface area contributed by atoms with Crippen molar-refractivity contribution < 1.29 is 4.79 Å². The van der Waals surface area contributed by atoms with E-state index >= 15 is 0 Å². The van der Waals surface area contributed by atoms with Crippen LogP contribution in [-0.2, 0) is 18.4 Å². The third kappa shape index (κ3) is 2.92. The Balaban J connectivity index is 1.77. The third-order valence-electron chi connectivity index (χ3n) is 4.16. The molecule has 0 saturated carbocycles. The van der Waals surface area contributed by atoms with Crippen LogP contribution in [0, 0.1) is 6.92 Å². The van der Waals surface area contributed by atoms with E-state index in [1.165, 1.54) is 10.9 Å². The van der Waals surface area contributed by atoms with Gasteiger partial charge in [-0.1, -0.05) is 12.1 Å². The van der Waals surface area contributed by atoms with Crippen molar-refractivity contribution in [2.24, 2.45) is 7.05 Å². The molecule has 2 heterocycles. The molecule has 0 radical (unpaired) electrons. The summed E-state index contributed by atoms with van der Waals surface area (Å²) >= 11 is 0. The van der Waals surface area contributed by atoms with E-state index in [0.29, 0.717) is 10.9 Å². The summed E-state index contributed by atoms with van der Waals surface area (Å²) in [7, 11) is 1.85. The zero-order valence-corrected chi connectivity index (χ0v) is 13.9. The molecule has 0 bridgehead atoms. The van der Waals surface area contributed by atoms with Crippen LogP contribution < -0.4 is 10.9 Å². The van der Waals surface area contributed by atoms with Crippen molar-refractivity contribution in [2.45, 2.75) is 26.4 Å². The molecule has 7 heteroatoms. The second-order valence-corrected chi connectivity index (χ2v) is 5.79. The average molecular weight is 325 g/mol. The molecule has 1 atom stereocenters. The van der Waals surface area contributed by atoms with Gasteiger partial charge in [-0.25, -0.2) is 4.98 Å². The van der Waals surface area contributed by atoms with Gasteiger partial charge in [0.2, 0.25) is 5.91 Å². The summed E-state index contributed by atoms with van der Waals surface area (Å²) in [6, 6.07) is 6.90. The number of para-hydroxylation sites is 1. The molecule has 3 aromatic rings. The van der Waals surface area contributed by atoms with Gasteiger partial charge in [-0.15, -0.1) is 0 Å². The molecule has 0 unspecified atom stereocenters. The van der Waals surface area contributed by atoms with Gasteiger partial charge in [-0.05, 0) is 26.0 Å². The lowest BCUT2D eigenvalue weighted by atomic mass is 10.1. The van der Waals surface area contributed by atoms with E-state index in [1.54, 1.807) is 29.1 Å². The lowest BCUT2D eigenvalue weighted by Crippen LogP contribution is -2.34. The highest BCUT2D eigenvalue weighted by molar-refractivity contribution is 5.79. The van der Waals surface area contributed by atoms with Gasteiger partial charge in [0.1, 0.15) is 6.54 Å². The molecule has 2 aromatic heterocycles. The molecule has 24 heavy (non-hydrogen) atoms. The summed E-state index contributed by atoms with van der Waals surface area (Å²) in [6.07, 6.45) is 3.15. The fourth-order valence-electron chi connectivity index (χ4n) is 2.68. The molecule has 124 valence electrons. The molecular formula is C17H19N5O2. The van der Waals surface area contributed by atoms with E-state index in [9.17, 15) is 9.59 Å². The quantitative estimate of drug-likeness (QED) is 0.784. The SMILES string of the molecule is Cc1c([C@H](C)NC(=O)Cn2cnc3ccccc3c2=O)cnn1C. The van der Waals surface area contributed by atoms with Gasteiger partial charge in [0.05, 0.1) is 29.5 Å². The number of fused-ring (bicyclic) bond motifs is 1. The number of hydrogen-bond donors (Lipinski definition) is 1. The van der Waals surface area contributed by atoms with E-state index in [-0.39, 0.29) is 24.1 Å². The maximum atomic E-state index is 12.4. The molecule has 0 aliphatic rings. The average Bonchev–Trinajstić information content (AvgIpc) is 2.90. The molecule has 1 aromatic carbocycles. The summed E-state index contributed by atoms with van der Waals surface area (Å²) in [5, 5.41) is 7.57. The van der Waals surface area contributed by atoms with Crippen molar-refractivity contribution in [3.05, 3.63) is 58.4 Å². The number of rotatable bonds is 4. The zero-order valence-electron chi connectivity index (χ0n) is 13.9. The van der Waals surface area contributed by atoms with Crippen LogP contribution in [-0.4, -0.2) is 25.2 Å². The lowest BCUT2D eigenvalue weighted by molar-refractivity contribution is -0.122. The molecule has 0 spiro atoms. The monoisotopic (exact) mass is 325 g/mol. The molecule has 1 amide bonds. The largest absolute Gasteiger partial charge is 0.348 e. The lowest BCUT2D eigenvalue weighted by Gasteiger charge is -2.14. The van der Waals surface area contributed by atoms with Crippen molar-refractivity contribution in [1.29, 1.82) is 0 Å². The Morgan fingerprint density at radius 1 is 1.33 bits per heavy atom. The first-order valence-corrected chi connectivity index (χ1v) is 7.69. The van der Waals surface area contributed by atoms with Crippen LogP contribution in [0.1, 0.15) is 24.2 Å². The predicted molar refractivity (Wildman–Crippen MR) is 90.5 cm³/mol. The molecule has 1 N–H and O–H groups in total. The number of carbonyl (C=O) groups is 1. The number of carbonyl (C=O) groups excluding carboxylic acids is 1. The Bertz CT molecular complexity index is 957. The summed E-state index contributed by atoms with van der Waals surface area (Å²) in [5.74, 6) is -0.245. The van der Waals surface area contributed by atoms with E-state index in [0.717, 1.165) is 11.3 Å². The highest BCUT2D eigenvalue weighted by Crippen LogP contribution is 2.15. The maximum Gasteiger partial charge on any atom is 0.261 e. The van der Waals surface area contributed by atoms with Gasteiger partial charge in [0, 0.05) is 18.3 Å². The first kappa shape index (κ1) is 15.9. The van der Waals surface area contributed by atoms with Crippen molar-refractivity contribution in [3.63, 3.8) is 0 Å². The first-order chi connectivity index (χ1) is 11.5. The number of nitrogens with zero attached hydrogens (tertiary/aromatic N) is 4. The second kappa shape index (κ2) is 6.27. The Hall–Kier alpha value is -2.96. The van der Waals surface area contributed by atoms with Crippen LogP contribution in [0.2, 0.25) is 0 Å². The van der Waals surface area contributed by atoms with Crippen LogP contribution in [0.3, 0.4) is 0 Å². The van der Waals surface area contributed by atoms with Gasteiger partial charge in [-0.2, -0.15) is 5.10 Å². The van der Waals surface area contributed by atoms with Gasteiger partial charge in [-0.3, -0.25) is 18.8 Å². The number of aromatic nitrogens is 4. The standard InChI is InChI=1S/C17H19N5O2/c1-11(14-8-19-21(3)12(14)2)20-16(23)9-22-10-18-15-7-5-4-6-13(15)17(22)24/h4-8,10-11H,9H2,1-3H3,(H,20,23)/t11-/m0/s1. The zero-order chi connectivity index (χ0) is 17.3. The molecule has 0 aliphatic heterocycles. The van der Waals surface area contributed by atoms with Gasteiger partial charge in [0.25, 0.3) is 5.56 Å². The minimum absolute atomic E-state index is 0.0691. The smallest absolute Gasteiger partial charge is 0.261 e.